The van der Waals surface area contributed by atoms with E-state index in [1.807, 2.05) is 0 Å². The Bertz CT molecular complexity index is 557. The molecule has 18 heavy (non-hydrogen) atoms. The van der Waals surface area contributed by atoms with E-state index in [9.17, 15) is 4.79 Å². The number of nitrogens with zero attached hydrogens (tertiary/aromatic N) is 2. The summed E-state index contributed by atoms with van der Waals surface area (Å²) in [4.78, 5) is 18.6. The molecule has 0 radical (unpaired) electrons. The standard InChI is InChI=1S/C12H12N4O2/c13-10-5-8(12(17)18)1-2-11(10)15-6-9-3-4-14-7-16-9/h1-5,7,15H,6,13H2,(H,17,18). The first-order valence-electron chi connectivity index (χ1n) is 5.28. The monoisotopic (exact) mass is 244 g/mol. The van der Waals surface area contributed by atoms with Gasteiger partial charge in [-0.25, -0.2) is 14.8 Å². The molecule has 0 unspecified atom stereocenters. The normalized spacial score (nSPS) is 10.0. The van der Waals surface area contributed by atoms with Crippen molar-refractivity contribution in [3.63, 3.8) is 0 Å². The Kier molecular flexibility index (Phi) is 3.38. The zero-order valence-electron chi connectivity index (χ0n) is 9.50. The van der Waals surface area contributed by atoms with Crippen molar-refractivity contribution in [2.24, 2.45) is 0 Å². The molecular weight excluding hydrogens is 232 g/mol. The number of hydrogen-bond acceptors (Lipinski definition) is 5. The number of anilines is 2. The van der Waals surface area contributed by atoms with Crippen LogP contribution in [0.3, 0.4) is 0 Å². The molecule has 0 bridgehead atoms. The van der Waals surface area contributed by atoms with Gasteiger partial charge in [-0.2, -0.15) is 0 Å². The average Bonchev–Trinajstić information content (AvgIpc) is 2.38. The number of aromatic nitrogens is 2. The molecule has 1 heterocycles. The summed E-state index contributed by atoms with van der Waals surface area (Å²) in [5.41, 5.74) is 7.83. The van der Waals surface area contributed by atoms with Crippen molar-refractivity contribution in [3.05, 3.63) is 48.0 Å². The lowest BCUT2D eigenvalue weighted by atomic mass is 10.1. The van der Waals surface area contributed by atoms with Gasteiger partial charge >= 0.3 is 5.97 Å². The van der Waals surface area contributed by atoms with Gasteiger partial charge < -0.3 is 16.2 Å². The van der Waals surface area contributed by atoms with E-state index in [1.54, 1.807) is 18.3 Å². The van der Waals surface area contributed by atoms with Gasteiger partial charge in [-0.3, -0.25) is 0 Å². The number of hydrogen-bond donors (Lipinski definition) is 3. The van der Waals surface area contributed by atoms with E-state index in [1.165, 1.54) is 18.5 Å². The number of carbonyl (C=O) groups is 1. The van der Waals surface area contributed by atoms with Crippen LogP contribution < -0.4 is 11.1 Å². The van der Waals surface area contributed by atoms with Gasteiger partial charge in [-0.1, -0.05) is 0 Å². The molecule has 2 aromatic rings. The minimum absolute atomic E-state index is 0.167. The molecule has 6 nitrogen and oxygen atoms in total. The second kappa shape index (κ2) is 5.13. The molecule has 0 saturated heterocycles. The van der Waals surface area contributed by atoms with Crippen LogP contribution in [0.2, 0.25) is 0 Å². The molecule has 0 aliphatic rings. The minimum atomic E-state index is -0.996. The predicted octanol–water partition coefficient (Wildman–Crippen LogP) is 1.37. The second-order valence-electron chi connectivity index (χ2n) is 3.66. The summed E-state index contributed by atoms with van der Waals surface area (Å²) in [7, 11) is 0. The van der Waals surface area contributed by atoms with Gasteiger partial charge in [0.1, 0.15) is 6.33 Å². The Morgan fingerprint density at radius 1 is 1.39 bits per heavy atom. The predicted molar refractivity (Wildman–Crippen MR) is 67.2 cm³/mol. The van der Waals surface area contributed by atoms with Crippen molar-refractivity contribution in [3.8, 4) is 0 Å². The number of benzene rings is 1. The zero-order chi connectivity index (χ0) is 13.0. The van der Waals surface area contributed by atoms with E-state index >= 15 is 0 Å². The second-order valence-corrected chi connectivity index (χ2v) is 3.66. The molecule has 0 saturated carbocycles. The van der Waals surface area contributed by atoms with Crippen LogP contribution in [-0.2, 0) is 6.54 Å². The molecule has 1 aromatic carbocycles. The number of aromatic carboxylic acids is 1. The maximum Gasteiger partial charge on any atom is 0.335 e. The summed E-state index contributed by atoms with van der Waals surface area (Å²) in [5, 5.41) is 11.9. The smallest absolute Gasteiger partial charge is 0.335 e. The SMILES string of the molecule is Nc1cc(C(=O)O)ccc1NCc1ccncn1. The van der Waals surface area contributed by atoms with E-state index < -0.39 is 5.97 Å². The molecule has 2 rings (SSSR count). The van der Waals surface area contributed by atoms with Gasteiger partial charge in [0.15, 0.2) is 0 Å². The Morgan fingerprint density at radius 2 is 2.22 bits per heavy atom. The maximum absolute atomic E-state index is 10.8. The fourth-order valence-corrected chi connectivity index (χ4v) is 1.47. The highest BCUT2D eigenvalue weighted by Crippen LogP contribution is 2.20. The summed E-state index contributed by atoms with van der Waals surface area (Å²) in [5.74, 6) is -0.996. The van der Waals surface area contributed by atoms with E-state index in [0.717, 1.165) is 5.69 Å². The van der Waals surface area contributed by atoms with Gasteiger partial charge in [0.25, 0.3) is 0 Å². The van der Waals surface area contributed by atoms with E-state index in [-0.39, 0.29) is 5.56 Å². The number of carboxylic acids is 1. The minimum Gasteiger partial charge on any atom is -0.478 e. The number of rotatable bonds is 4. The molecule has 6 heteroatoms. The summed E-state index contributed by atoms with van der Waals surface area (Å²) in [6, 6.07) is 6.35. The third-order valence-electron chi connectivity index (χ3n) is 2.40. The van der Waals surface area contributed by atoms with Crippen molar-refractivity contribution in [2.75, 3.05) is 11.1 Å². The molecule has 1 aromatic heterocycles. The van der Waals surface area contributed by atoms with Gasteiger partial charge in [-0.05, 0) is 24.3 Å². The third-order valence-corrected chi connectivity index (χ3v) is 2.40. The lowest BCUT2D eigenvalue weighted by Crippen LogP contribution is -2.05. The molecule has 0 aliphatic heterocycles. The Labute approximate surface area is 104 Å². The van der Waals surface area contributed by atoms with Gasteiger partial charge in [0, 0.05) is 6.20 Å². The fourth-order valence-electron chi connectivity index (χ4n) is 1.47. The molecule has 0 spiro atoms. The van der Waals surface area contributed by atoms with Crippen molar-refractivity contribution in [1.29, 1.82) is 0 Å². The van der Waals surface area contributed by atoms with Crippen LogP contribution in [0.25, 0.3) is 0 Å². The van der Waals surface area contributed by atoms with Gasteiger partial charge in [0.05, 0.1) is 29.2 Å². The van der Waals surface area contributed by atoms with Crippen molar-refractivity contribution in [2.45, 2.75) is 6.54 Å². The molecule has 4 N–H and O–H groups in total. The lowest BCUT2D eigenvalue weighted by Gasteiger charge is -2.09. The number of nitrogens with two attached hydrogens (primary N) is 1. The van der Waals surface area contributed by atoms with Crippen LogP contribution in [-0.4, -0.2) is 21.0 Å². The number of carboxylic acid groups (broad SMARTS) is 1. The first-order chi connectivity index (χ1) is 8.66. The topological polar surface area (TPSA) is 101 Å². The number of nitrogens with one attached hydrogen (secondary N) is 1. The quantitative estimate of drug-likeness (QED) is 0.702. The molecule has 92 valence electrons. The highest BCUT2D eigenvalue weighted by atomic mass is 16.4. The Balaban J connectivity index is 2.08. The highest BCUT2D eigenvalue weighted by molar-refractivity contribution is 5.90. The third kappa shape index (κ3) is 2.73. The van der Waals surface area contributed by atoms with Crippen molar-refractivity contribution in [1.82, 2.24) is 9.97 Å². The van der Waals surface area contributed by atoms with Gasteiger partial charge in [0.2, 0.25) is 0 Å². The van der Waals surface area contributed by atoms with Crippen molar-refractivity contribution >= 4 is 17.3 Å². The Morgan fingerprint density at radius 3 is 2.83 bits per heavy atom. The molecular formula is C12H12N4O2. The zero-order valence-corrected chi connectivity index (χ0v) is 9.50. The summed E-state index contributed by atoms with van der Waals surface area (Å²) < 4.78 is 0. The molecule has 0 fully saturated rings. The van der Waals surface area contributed by atoms with Crippen LogP contribution in [0.15, 0.2) is 36.8 Å². The summed E-state index contributed by atoms with van der Waals surface area (Å²) in [6.07, 6.45) is 3.12. The molecule has 0 aliphatic carbocycles. The first-order valence-corrected chi connectivity index (χ1v) is 5.28. The largest absolute Gasteiger partial charge is 0.478 e. The first kappa shape index (κ1) is 11.8. The van der Waals surface area contributed by atoms with Gasteiger partial charge in [-0.15, -0.1) is 0 Å². The van der Waals surface area contributed by atoms with Crippen LogP contribution in [0.4, 0.5) is 11.4 Å². The average molecular weight is 244 g/mol. The molecule has 0 atom stereocenters. The fraction of sp³-hybridized carbons (Fsp3) is 0.0833. The lowest BCUT2D eigenvalue weighted by molar-refractivity contribution is 0.0697. The highest BCUT2D eigenvalue weighted by Gasteiger charge is 2.06. The number of nitrogen functional groups attached to an aromatic ring is 1. The van der Waals surface area contributed by atoms with E-state index in [4.69, 9.17) is 10.8 Å². The van der Waals surface area contributed by atoms with E-state index in [0.29, 0.717) is 17.9 Å². The van der Waals surface area contributed by atoms with Crippen LogP contribution >= 0.6 is 0 Å². The van der Waals surface area contributed by atoms with Crippen LogP contribution in [0.5, 0.6) is 0 Å². The summed E-state index contributed by atoms with van der Waals surface area (Å²) in [6.45, 7) is 0.499. The van der Waals surface area contributed by atoms with E-state index in [2.05, 4.69) is 15.3 Å². The maximum atomic E-state index is 10.8. The van der Waals surface area contributed by atoms with Crippen LogP contribution in [0.1, 0.15) is 16.1 Å². The summed E-state index contributed by atoms with van der Waals surface area (Å²) >= 11 is 0. The Hall–Kier alpha value is -2.63. The van der Waals surface area contributed by atoms with Crippen molar-refractivity contribution < 1.29 is 9.90 Å². The molecule has 0 amide bonds. The van der Waals surface area contributed by atoms with Crippen LogP contribution in [0, 0.1) is 0 Å².